The van der Waals surface area contributed by atoms with Gasteiger partial charge in [-0.2, -0.15) is 11.8 Å². The lowest BCUT2D eigenvalue weighted by Gasteiger charge is -2.41. The van der Waals surface area contributed by atoms with Gasteiger partial charge in [0.05, 0.1) is 17.9 Å². The Kier molecular flexibility index (Phi) is 11.8. The summed E-state index contributed by atoms with van der Waals surface area (Å²) in [7, 11) is 0. The summed E-state index contributed by atoms with van der Waals surface area (Å²) in [6, 6.07) is 11.6. The van der Waals surface area contributed by atoms with Gasteiger partial charge >= 0.3 is 6.09 Å². The second-order valence-corrected chi connectivity index (χ2v) is 15.8. The summed E-state index contributed by atoms with van der Waals surface area (Å²) in [6.07, 6.45) is 5.93. The number of likely N-dealkylation sites (tertiary alicyclic amines) is 2. The molecule has 0 saturated carbocycles. The highest BCUT2D eigenvalue weighted by Crippen LogP contribution is 2.28. The first kappa shape index (κ1) is 35.6. The summed E-state index contributed by atoms with van der Waals surface area (Å²) >= 11 is 1.76. The van der Waals surface area contributed by atoms with Gasteiger partial charge in [-0.25, -0.2) is 14.2 Å². The maximum Gasteiger partial charge on any atom is 0.412 e. The number of ether oxygens (including phenoxy) is 3. The Hall–Kier alpha value is -3.19. The van der Waals surface area contributed by atoms with Gasteiger partial charge in [0.2, 0.25) is 0 Å². The van der Waals surface area contributed by atoms with E-state index in [1.54, 1.807) is 17.8 Å². The van der Waals surface area contributed by atoms with Crippen molar-refractivity contribution in [1.82, 2.24) is 19.8 Å². The molecule has 0 atom stereocenters. The van der Waals surface area contributed by atoms with Crippen LogP contribution in [0.3, 0.4) is 0 Å². The number of amides is 1. The van der Waals surface area contributed by atoms with Crippen molar-refractivity contribution >= 4 is 34.4 Å². The molecule has 266 valence electrons. The molecule has 2 aromatic carbocycles. The van der Waals surface area contributed by atoms with E-state index in [1.807, 2.05) is 32.9 Å². The van der Waals surface area contributed by atoms with Crippen LogP contribution in [-0.4, -0.2) is 88.8 Å². The van der Waals surface area contributed by atoms with Crippen LogP contribution >= 0.6 is 11.8 Å². The predicted molar refractivity (Wildman–Crippen MR) is 192 cm³/mol. The average molecular weight is 696 g/mol. The maximum atomic E-state index is 15.0. The lowest BCUT2D eigenvalue weighted by molar-refractivity contribution is 0.0636. The highest BCUT2D eigenvalue weighted by molar-refractivity contribution is 7.99. The molecule has 1 amide bonds. The molecule has 4 heterocycles. The number of halogens is 1. The molecule has 2 N–H and O–H groups in total. The molecule has 3 fully saturated rings. The second kappa shape index (κ2) is 16.2. The largest absolute Gasteiger partial charge is 0.493 e. The van der Waals surface area contributed by atoms with Crippen LogP contribution in [0.15, 0.2) is 41.2 Å². The number of hydrogen-bond acceptors (Lipinski definition) is 9. The second-order valence-electron chi connectivity index (χ2n) is 14.6. The highest BCUT2D eigenvalue weighted by atomic mass is 32.2. The summed E-state index contributed by atoms with van der Waals surface area (Å²) in [4.78, 5) is 37.2. The fraction of sp³-hybridized carbons (Fsp3) is 0.595. The molecule has 3 saturated heterocycles. The minimum atomic E-state index is -0.599. The van der Waals surface area contributed by atoms with Gasteiger partial charge in [0.15, 0.2) is 0 Å². The predicted octanol–water partition coefficient (Wildman–Crippen LogP) is 6.58. The van der Waals surface area contributed by atoms with E-state index in [0.29, 0.717) is 46.7 Å². The van der Waals surface area contributed by atoms with E-state index in [4.69, 9.17) is 14.2 Å². The SMILES string of the molecule is CC(C)(C)OC(=O)Nc1ccc(CN2CCC(N3CCC(COc4cc(F)c5c(=O)[nH]c(CSC6CCOCC6)nc5c4)CC3)CC2)cc1. The smallest absolute Gasteiger partial charge is 0.412 e. The van der Waals surface area contributed by atoms with Crippen molar-refractivity contribution in [3.05, 3.63) is 64.0 Å². The number of aromatic amines is 1. The number of anilines is 1. The summed E-state index contributed by atoms with van der Waals surface area (Å²) in [5, 5.41) is 3.26. The zero-order chi connectivity index (χ0) is 34.4. The van der Waals surface area contributed by atoms with Crippen LogP contribution < -0.4 is 15.6 Å². The monoisotopic (exact) mass is 695 g/mol. The quantitative estimate of drug-likeness (QED) is 0.243. The Labute approximate surface area is 292 Å². The lowest BCUT2D eigenvalue weighted by atomic mass is 9.94. The van der Waals surface area contributed by atoms with Gasteiger partial charge in [-0.3, -0.25) is 15.0 Å². The van der Waals surface area contributed by atoms with Crippen LogP contribution in [0.5, 0.6) is 5.75 Å². The summed E-state index contributed by atoms with van der Waals surface area (Å²) < 4.78 is 31.9. The Morgan fingerprint density at radius 1 is 1.04 bits per heavy atom. The summed E-state index contributed by atoms with van der Waals surface area (Å²) in [5.41, 5.74) is 1.33. The van der Waals surface area contributed by atoms with Gasteiger partial charge in [-0.05, 0) is 109 Å². The van der Waals surface area contributed by atoms with E-state index in [-0.39, 0.29) is 5.39 Å². The van der Waals surface area contributed by atoms with Gasteiger partial charge in [-0.1, -0.05) is 12.1 Å². The molecular weight excluding hydrogens is 646 g/mol. The Morgan fingerprint density at radius 3 is 2.45 bits per heavy atom. The van der Waals surface area contributed by atoms with E-state index in [1.165, 1.54) is 11.6 Å². The van der Waals surface area contributed by atoms with Gasteiger partial charge in [0.25, 0.3) is 5.56 Å². The first-order chi connectivity index (χ1) is 23.6. The maximum absolute atomic E-state index is 15.0. The number of H-pyrrole nitrogens is 1. The fourth-order valence-electron chi connectivity index (χ4n) is 6.95. The van der Waals surface area contributed by atoms with Crippen molar-refractivity contribution in [2.24, 2.45) is 5.92 Å². The molecule has 3 aromatic rings. The molecule has 3 aliphatic heterocycles. The first-order valence-electron chi connectivity index (χ1n) is 17.7. The Morgan fingerprint density at radius 2 is 1.76 bits per heavy atom. The number of rotatable bonds is 10. The lowest BCUT2D eigenvalue weighted by Crippen LogP contribution is -2.48. The average Bonchev–Trinajstić information content (AvgIpc) is 3.07. The molecule has 3 aliphatic rings. The van der Waals surface area contributed by atoms with Crippen molar-refractivity contribution in [3.63, 3.8) is 0 Å². The number of carbonyl (C=O) groups excluding carboxylic acids is 1. The summed E-state index contributed by atoms with van der Waals surface area (Å²) in [6.45, 7) is 12.7. The van der Waals surface area contributed by atoms with Crippen LogP contribution in [-0.2, 0) is 21.8 Å². The zero-order valence-corrected chi connectivity index (χ0v) is 29.8. The van der Waals surface area contributed by atoms with E-state index >= 15 is 4.39 Å². The molecule has 0 unspecified atom stereocenters. The number of thioether (sulfide) groups is 1. The van der Waals surface area contributed by atoms with Crippen LogP contribution in [0, 0.1) is 11.7 Å². The van der Waals surface area contributed by atoms with E-state index < -0.39 is 23.1 Å². The third-order valence-electron chi connectivity index (χ3n) is 9.62. The van der Waals surface area contributed by atoms with Crippen LogP contribution in [0.25, 0.3) is 10.9 Å². The van der Waals surface area contributed by atoms with Gasteiger partial charge in [-0.15, -0.1) is 0 Å². The number of hydrogen-bond donors (Lipinski definition) is 2. The normalized spacial score (nSPS) is 19.3. The Balaban J connectivity index is 0.924. The van der Waals surface area contributed by atoms with E-state index in [0.717, 1.165) is 90.1 Å². The number of piperidine rings is 2. The molecular formula is C37H50FN5O5S. The molecule has 6 rings (SSSR count). The van der Waals surface area contributed by atoms with Gasteiger partial charge < -0.3 is 24.1 Å². The van der Waals surface area contributed by atoms with Crippen LogP contribution in [0.1, 0.15) is 70.7 Å². The van der Waals surface area contributed by atoms with Crippen molar-refractivity contribution in [3.8, 4) is 5.75 Å². The molecule has 1 aromatic heterocycles. The number of nitrogens with zero attached hydrogens (tertiary/aromatic N) is 3. The number of carbonyl (C=O) groups is 1. The Bertz CT molecular complexity index is 1610. The van der Waals surface area contributed by atoms with E-state index in [9.17, 15) is 9.59 Å². The number of fused-ring (bicyclic) bond motifs is 1. The van der Waals surface area contributed by atoms with E-state index in [2.05, 4.69) is 37.2 Å². The van der Waals surface area contributed by atoms with Crippen molar-refractivity contribution in [1.29, 1.82) is 0 Å². The van der Waals surface area contributed by atoms with Crippen LogP contribution in [0.4, 0.5) is 14.9 Å². The molecule has 12 heteroatoms. The highest BCUT2D eigenvalue weighted by Gasteiger charge is 2.29. The van der Waals surface area contributed by atoms with Crippen molar-refractivity contribution < 1.29 is 23.4 Å². The minimum Gasteiger partial charge on any atom is -0.493 e. The first-order valence-corrected chi connectivity index (χ1v) is 18.7. The van der Waals surface area contributed by atoms with Crippen LogP contribution in [0.2, 0.25) is 0 Å². The van der Waals surface area contributed by atoms with Gasteiger partial charge in [0, 0.05) is 48.9 Å². The molecule has 0 bridgehead atoms. The molecule has 0 aliphatic carbocycles. The third-order valence-corrected chi connectivity index (χ3v) is 11.0. The minimum absolute atomic E-state index is 0.0166. The third kappa shape index (κ3) is 10.2. The topological polar surface area (TPSA) is 109 Å². The number of benzene rings is 2. The number of aromatic nitrogens is 2. The zero-order valence-electron chi connectivity index (χ0n) is 29.0. The molecule has 0 radical (unpaired) electrons. The molecule has 49 heavy (non-hydrogen) atoms. The van der Waals surface area contributed by atoms with Gasteiger partial charge in [0.1, 0.15) is 28.4 Å². The molecule has 10 nitrogen and oxygen atoms in total. The fourth-order valence-corrected chi connectivity index (χ4v) is 8.01. The number of nitrogens with one attached hydrogen (secondary N) is 2. The molecule has 0 spiro atoms. The summed E-state index contributed by atoms with van der Waals surface area (Å²) in [5.74, 6) is 1.37. The standard InChI is InChI=1S/C37H50FN5O5S/c1-37(2,3)48-36(45)39-27-6-4-25(5-7-27)22-42-14-10-28(11-15-42)43-16-8-26(9-17-43)23-47-29-20-31(38)34-32(21-29)40-33(41-35(34)44)24-49-30-12-18-46-19-13-30/h4-7,20-21,26,28,30H,8-19,22-24H2,1-3H3,(H,39,45)(H,40,41,44). The van der Waals surface area contributed by atoms with Crippen molar-refractivity contribution in [2.75, 3.05) is 51.3 Å². The van der Waals surface area contributed by atoms with Crippen molar-refractivity contribution in [2.45, 2.75) is 88.5 Å².